The molecule has 13 heteroatoms. The molecule has 3 rings (SSSR count). The Hall–Kier alpha value is -2.19. The molecular formula is C17H15BrN2O8S2. The number of thiophene rings is 1. The van der Waals surface area contributed by atoms with Gasteiger partial charge in [0, 0.05) is 19.0 Å². The summed E-state index contributed by atoms with van der Waals surface area (Å²) in [5.74, 6) is -1.48. The third kappa shape index (κ3) is 4.59. The number of ketones is 1. The van der Waals surface area contributed by atoms with E-state index in [4.69, 9.17) is 4.74 Å². The Balaban J connectivity index is 1.80. The van der Waals surface area contributed by atoms with Crippen LogP contribution in [0.2, 0.25) is 0 Å². The van der Waals surface area contributed by atoms with Crippen molar-refractivity contribution in [2.45, 2.75) is 23.5 Å². The second-order valence-corrected chi connectivity index (χ2v) is 10.7. The van der Waals surface area contributed by atoms with E-state index in [0.717, 1.165) is 27.3 Å². The number of rotatable bonds is 7. The van der Waals surface area contributed by atoms with Gasteiger partial charge in [-0.3, -0.25) is 19.7 Å². The molecule has 10 nitrogen and oxygen atoms in total. The van der Waals surface area contributed by atoms with Gasteiger partial charge in [0.1, 0.15) is 6.04 Å². The average Bonchev–Trinajstić information content (AvgIpc) is 3.32. The number of halogens is 1. The lowest BCUT2D eigenvalue weighted by Crippen LogP contribution is -2.42. The van der Waals surface area contributed by atoms with Crippen LogP contribution < -0.4 is 0 Å². The highest BCUT2D eigenvalue weighted by Crippen LogP contribution is 2.32. The number of Topliss-reactive ketones (excluding diaryl/α,β-unsaturated/α-hetero) is 1. The molecule has 30 heavy (non-hydrogen) atoms. The molecule has 1 saturated heterocycles. The number of ether oxygens (including phenoxy) is 1. The van der Waals surface area contributed by atoms with Gasteiger partial charge in [-0.2, -0.15) is 4.31 Å². The minimum Gasteiger partial charge on any atom is -0.456 e. The standard InChI is InChI=1S/C17H15BrN2O8S2/c18-16-6-5-14(29-16)13(22)9-28-17(23)12-7-10(21)8-19(12)30(26,27)15-4-2-1-3-11(15)20(24)25/h1-6,10,12,21H,7-9H2. The number of sulfonamides is 1. The Bertz CT molecular complexity index is 1100. The Morgan fingerprint density at radius 1 is 1.30 bits per heavy atom. The summed E-state index contributed by atoms with van der Waals surface area (Å²) >= 11 is 4.37. The number of aliphatic hydroxyl groups is 1. The van der Waals surface area contributed by atoms with Crippen LogP contribution in [0.3, 0.4) is 0 Å². The van der Waals surface area contributed by atoms with Crippen molar-refractivity contribution in [3.05, 3.63) is 55.2 Å². The summed E-state index contributed by atoms with van der Waals surface area (Å²) in [6.45, 7) is -1.03. The maximum absolute atomic E-state index is 13.0. The second kappa shape index (κ2) is 8.89. The SMILES string of the molecule is O=C(COC(=O)C1CC(O)CN1S(=O)(=O)c1ccccc1[N+](=O)[O-])c1ccc(Br)s1. The molecule has 1 aliphatic heterocycles. The minimum atomic E-state index is -4.49. The molecule has 1 aliphatic rings. The molecule has 160 valence electrons. The van der Waals surface area contributed by atoms with Crippen molar-refractivity contribution in [3.63, 3.8) is 0 Å². The van der Waals surface area contributed by atoms with E-state index >= 15 is 0 Å². The van der Waals surface area contributed by atoms with E-state index in [0.29, 0.717) is 9.18 Å². The number of nitro groups is 1. The lowest BCUT2D eigenvalue weighted by molar-refractivity contribution is -0.387. The van der Waals surface area contributed by atoms with Crippen molar-refractivity contribution >= 4 is 54.7 Å². The molecule has 0 bridgehead atoms. The highest BCUT2D eigenvalue weighted by Gasteiger charge is 2.46. The fraction of sp³-hybridized carbons (Fsp3) is 0.294. The predicted molar refractivity (Wildman–Crippen MR) is 109 cm³/mol. The highest BCUT2D eigenvalue weighted by atomic mass is 79.9. The number of hydrogen-bond acceptors (Lipinski definition) is 9. The maximum atomic E-state index is 13.0. The largest absolute Gasteiger partial charge is 0.456 e. The van der Waals surface area contributed by atoms with Crippen molar-refractivity contribution in [1.82, 2.24) is 4.31 Å². The van der Waals surface area contributed by atoms with Gasteiger partial charge in [-0.1, -0.05) is 12.1 Å². The van der Waals surface area contributed by atoms with Crippen LogP contribution in [-0.2, 0) is 19.6 Å². The smallest absolute Gasteiger partial charge is 0.325 e. The molecule has 2 unspecified atom stereocenters. The first-order chi connectivity index (χ1) is 14.1. The van der Waals surface area contributed by atoms with Crippen LogP contribution in [0.5, 0.6) is 0 Å². The Labute approximate surface area is 183 Å². The third-order valence-electron chi connectivity index (χ3n) is 4.35. The van der Waals surface area contributed by atoms with Crippen LogP contribution >= 0.6 is 27.3 Å². The van der Waals surface area contributed by atoms with Gasteiger partial charge in [0.15, 0.2) is 11.5 Å². The molecular weight excluding hydrogens is 504 g/mol. The number of esters is 1. The van der Waals surface area contributed by atoms with Crippen molar-refractivity contribution in [2.75, 3.05) is 13.2 Å². The van der Waals surface area contributed by atoms with Crippen LogP contribution in [0.15, 0.2) is 45.1 Å². The summed E-state index contributed by atoms with van der Waals surface area (Å²) in [5, 5.41) is 21.2. The quantitative estimate of drug-likeness (QED) is 0.253. The normalized spacial score (nSPS) is 19.5. The number of carbonyl (C=O) groups excluding carboxylic acids is 2. The van der Waals surface area contributed by atoms with E-state index < -0.39 is 62.6 Å². The molecule has 1 N–H and O–H groups in total. The van der Waals surface area contributed by atoms with Crippen molar-refractivity contribution in [2.24, 2.45) is 0 Å². The molecule has 0 radical (unpaired) electrons. The van der Waals surface area contributed by atoms with Crippen molar-refractivity contribution < 1.29 is 32.8 Å². The molecule has 0 saturated carbocycles. The van der Waals surface area contributed by atoms with Gasteiger partial charge in [0.05, 0.1) is 19.7 Å². The average molecular weight is 519 g/mol. The highest BCUT2D eigenvalue weighted by molar-refractivity contribution is 9.11. The first-order valence-electron chi connectivity index (χ1n) is 8.49. The molecule has 0 spiro atoms. The molecule has 2 heterocycles. The molecule has 1 aromatic heterocycles. The number of aliphatic hydroxyl groups excluding tert-OH is 1. The van der Waals surface area contributed by atoms with E-state index in [1.165, 1.54) is 12.1 Å². The van der Waals surface area contributed by atoms with E-state index in [9.17, 15) is 33.2 Å². The van der Waals surface area contributed by atoms with E-state index in [1.807, 2.05) is 0 Å². The zero-order valence-corrected chi connectivity index (χ0v) is 18.4. The lowest BCUT2D eigenvalue weighted by Gasteiger charge is -2.22. The summed E-state index contributed by atoms with van der Waals surface area (Å²) in [5.41, 5.74) is -0.649. The summed E-state index contributed by atoms with van der Waals surface area (Å²) in [6, 6.07) is 6.52. The number of nitrogens with zero attached hydrogens (tertiary/aromatic N) is 2. The van der Waals surface area contributed by atoms with E-state index in [2.05, 4.69) is 15.9 Å². The fourth-order valence-electron chi connectivity index (χ4n) is 2.98. The van der Waals surface area contributed by atoms with Gasteiger partial charge in [0.2, 0.25) is 5.78 Å². The predicted octanol–water partition coefficient (Wildman–Crippen LogP) is 1.97. The zero-order valence-electron chi connectivity index (χ0n) is 15.1. The topological polar surface area (TPSA) is 144 Å². The number of benzene rings is 1. The number of nitro benzene ring substituents is 1. The van der Waals surface area contributed by atoms with Crippen LogP contribution in [0, 0.1) is 10.1 Å². The van der Waals surface area contributed by atoms with Gasteiger partial charge < -0.3 is 9.84 Å². The first kappa shape index (κ1) is 22.5. The van der Waals surface area contributed by atoms with Gasteiger partial charge >= 0.3 is 5.97 Å². The Kier molecular flexibility index (Phi) is 6.67. The van der Waals surface area contributed by atoms with Crippen LogP contribution in [-0.4, -0.2) is 59.8 Å². The van der Waals surface area contributed by atoms with Crippen LogP contribution in [0.4, 0.5) is 5.69 Å². The number of β-amino-alcohol motifs (C(OH)–C–C–N with tert-alkyl or cyclic N) is 1. The second-order valence-electron chi connectivity index (χ2n) is 6.34. The lowest BCUT2D eigenvalue weighted by atomic mass is 10.2. The molecule has 0 amide bonds. The molecule has 1 aromatic carbocycles. The zero-order chi connectivity index (χ0) is 22.1. The number of para-hydroxylation sites is 1. The van der Waals surface area contributed by atoms with Gasteiger partial charge in [-0.05, 0) is 34.1 Å². The number of hydrogen-bond donors (Lipinski definition) is 1. The van der Waals surface area contributed by atoms with Crippen LogP contribution in [0.1, 0.15) is 16.1 Å². The summed E-state index contributed by atoms with van der Waals surface area (Å²) in [7, 11) is -4.49. The van der Waals surface area contributed by atoms with Crippen molar-refractivity contribution in [1.29, 1.82) is 0 Å². The monoisotopic (exact) mass is 518 g/mol. The van der Waals surface area contributed by atoms with Gasteiger partial charge in [0.25, 0.3) is 15.7 Å². The minimum absolute atomic E-state index is 0.253. The summed E-state index contributed by atoms with van der Waals surface area (Å²) in [4.78, 5) is 34.8. The fourth-order valence-corrected chi connectivity index (χ4v) is 6.08. The maximum Gasteiger partial charge on any atom is 0.325 e. The first-order valence-corrected chi connectivity index (χ1v) is 11.5. The molecule has 0 aliphatic carbocycles. The summed E-state index contributed by atoms with van der Waals surface area (Å²) in [6.07, 6.45) is -1.42. The van der Waals surface area contributed by atoms with Crippen LogP contribution in [0.25, 0.3) is 0 Å². The molecule has 1 fully saturated rings. The summed E-state index contributed by atoms with van der Waals surface area (Å²) < 4.78 is 32.4. The molecule has 2 aromatic rings. The van der Waals surface area contributed by atoms with Crippen molar-refractivity contribution in [3.8, 4) is 0 Å². The Morgan fingerprint density at radius 2 is 2.00 bits per heavy atom. The van der Waals surface area contributed by atoms with Gasteiger partial charge in [-0.15, -0.1) is 11.3 Å². The molecule has 2 atom stereocenters. The van der Waals surface area contributed by atoms with Gasteiger partial charge in [-0.25, -0.2) is 8.42 Å². The number of carbonyl (C=O) groups is 2. The Morgan fingerprint density at radius 3 is 2.63 bits per heavy atom. The van der Waals surface area contributed by atoms with E-state index in [1.54, 1.807) is 12.1 Å². The third-order valence-corrected chi connectivity index (χ3v) is 7.93. The van der Waals surface area contributed by atoms with E-state index in [-0.39, 0.29) is 6.42 Å².